The number of nitrogens with two attached hydrogens (primary N) is 1. The highest BCUT2D eigenvalue weighted by molar-refractivity contribution is 5.92. The minimum absolute atomic E-state index is 0.00411. The number of nitrogens with one attached hydrogen (secondary N) is 2. The van der Waals surface area contributed by atoms with Crippen LogP contribution in [0.4, 0.5) is 5.69 Å². The van der Waals surface area contributed by atoms with Gasteiger partial charge in [0.05, 0.1) is 6.54 Å². The second kappa shape index (κ2) is 7.22. The average Bonchev–Trinajstić information content (AvgIpc) is 2.48. The van der Waals surface area contributed by atoms with E-state index in [2.05, 4.69) is 10.6 Å². The molecule has 21 heavy (non-hydrogen) atoms. The molecule has 1 aromatic rings. The largest absolute Gasteiger partial charge is 0.369 e. The Morgan fingerprint density at radius 2 is 1.76 bits per heavy atom. The Bertz CT molecular complexity index is 491. The zero-order valence-electron chi connectivity index (χ0n) is 12.4. The first-order valence-electron chi connectivity index (χ1n) is 7.44. The van der Waals surface area contributed by atoms with Gasteiger partial charge in [-0.25, -0.2) is 0 Å². The molecule has 4 N–H and O–H groups in total. The fraction of sp³-hybridized carbons (Fsp3) is 0.500. The van der Waals surface area contributed by atoms with E-state index in [0.29, 0.717) is 12.6 Å². The third-order valence-corrected chi connectivity index (χ3v) is 4.02. The van der Waals surface area contributed by atoms with Crippen molar-refractivity contribution in [3.05, 3.63) is 29.8 Å². The van der Waals surface area contributed by atoms with Gasteiger partial charge in [-0.15, -0.1) is 0 Å². The van der Waals surface area contributed by atoms with Crippen molar-refractivity contribution in [3.63, 3.8) is 0 Å². The molecule has 5 nitrogen and oxygen atoms in total. The summed E-state index contributed by atoms with van der Waals surface area (Å²) in [5, 5.41) is 6.11. The van der Waals surface area contributed by atoms with E-state index >= 15 is 0 Å². The standard InChI is InChI=1S/C16H23N3O2/c1-11-2-6-14(7-3-11)19-15(20)10-18-13-8-4-12(5-9-13)16(17)21/h2-3,6-7,12-13,18H,4-5,8-10H2,1H3,(H2,17,21)(H,19,20). The van der Waals surface area contributed by atoms with Crippen LogP contribution in [0.25, 0.3) is 0 Å². The lowest BCUT2D eigenvalue weighted by atomic mass is 9.85. The van der Waals surface area contributed by atoms with Crippen LogP contribution >= 0.6 is 0 Å². The van der Waals surface area contributed by atoms with E-state index in [-0.39, 0.29) is 17.7 Å². The smallest absolute Gasteiger partial charge is 0.238 e. The van der Waals surface area contributed by atoms with Gasteiger partial charge in [0.1, 0.15) is 0 Å². The van der Waals surface area contributed by atoms with E-state index in [9.17, 15) is 9.59 Å². The minimum atomic E-state index is -0.203. The van der Waals surface area contributed by atoms with Crippen LogP contribution in [0.15, 0.2) is 24.3 Å². The maximum Gasteiger partial charge on any atom is 0.238 e. The summed E-state index contributed by atoms with van der Waals surface area (Å²) in [5.74, 6) is -0.245. The highest BCUT2D eigenvalue weighted by atomic mass is 16.2. The highest BCUT2D eigenvalue weighted by Gasteiger charge is 2.24. The summed E-state index contributed by atoms with van der Waals surface area (Å²) in [4.78, 5) is 23.0. The molecule has 2 amide bonds. The van der Waals surface area contributed by atoms with Crippen LogP contribution in [0, 0.1) is 12.8 Å². The molecule has 1 aromatic carbocycles. The molecule has 0 radical (unpaired) electrons. The second-order valence-corrected chi connectivity index (χ2v) is 5.75. The number of amides is 2. The lowest BCUT2D eigenvalue weighted by Crippen LogP contribution is -2.40. The van der Waals surface area contributed by atoms with Crippen LogP contribution in [0.3, 0.4) is 0 Å². The summed E-state index contributed by atoms with van der Waals surface area (Å²) in [6.07, 6.45) is 3.41. The molecular formula is C16H23N3O2. The maximum atomic E-state index is 11.9. The van der Waals surface area contributed by atoms with Crippen molar-refractivity contribution in [1.29, 1.82) is 0 Å². The number of primary amides is 1. The molecule has 0 aromatic heterocycles. The normalized spacial score (nSPS) is 21.8. The molecule has 0 spiro atoms. The topological polar surface area (TPSA) is 84.2 Å². The first-order chi connectivity index (χ1) is 10.0. The molecule has 1 saturated carbocycles. The second-order valence-electron chi connectivity index (χ2n) is 5.75. The number of benzene rings is 1. The summed E-state index contributed by atoms with van der Waals surface area (Å²) >= 11 is 0. The Morgan fingerprint density at radius 1 is 1.14 bits per heavy atom. The van der Waals surface area contributed by atoms with Gasteiger partial charge in [-0.3, -0.25) is 9.59 Å². The van der Waals surface area contributed by atoms with E-state index in [4.69, 9.17) is 5.73 Å². The number of hydrogen-bond acceptors (Lipinski definition) is 3. The minimum Gasteiger partial charge on any atom is -0.369 e. The fourth-order valence-electron chi connectivity index (χ4n) is 2.66. The van der Waals surface area contributed by atoms with Gasteiger partial charge in [0, 0.05) is 17.6 Å². The van der Waals surface area contributed by atoms with Crippen LogP contribution in [-0.2, 0) is 9.59 Å². The predicted molar refractivity (Wildman–Crippen MR) is 82.8 cm³/mol. The van der Waals surface area contributed by atoms with Gasteiger partial charge in [0.25, 0.3) is 0 Å². The first kappa shape index (κ1) is 15.5. The molecule has 0 saturated heterocycles. The Labute approximate surface area is 125 Å². The van der Waals surface area contributed by atoms with Crippen LogP contribution in [0.2, 0.25) is 0 Å². The lowest BCUT2D eigenvalue weighted by molar-refractivity contribution is -0.123. The molecule has 1 fully saturated rings. The van der Waals surface area contributed by atoms with Crippen LogP contribution in [-0.4, -0.2) is 24.4 Å². The third-order valence-electron chi connectivity index (χ3n) is 4.02. The van der Waals surface area contributed by atoms with E-state index in [1.165, 1.54) is 0 Å². The molecule has 5 heteroatoms. The average molecular weight is 289 g/mol. The van der Waals surface area contributed by atoms with Gasteiger partial charge < -0.3 is 16.4 Å². The SMILES string of the molecule is Cc1ccc(NC(=O)CNC2CCC(C(N)=O)CC2)cc1. The van der Waals surface area contributed by atoms with Gasteiger partial charge in [0.2, 0.25) is 11.8 Å². The van der Waals surface area contributed by atoms with Crippen LogP contribution < -0.4 is 16.4 Å². The Morgan fingerprint density at radius 3 is 2.33 bits per heavy atom. The molecule has 0 aliphatic heterocycles. The van der Waals surface area contributed by atoms with Crippen molar-refractivity contribution < 1.29 is 9.59 Å². The summed E-state index contributed by atoms with van der Waals surface area (Å²) < 4.78 is 0. The number of aryl methyl sites for hydroxylation is 1. The summed E-state index contributed by atoms with van der Waals surface area (Å²) in [6.45, 7) is 2.30. The first-order valence-corrected chi connectivity index (χ1v) is 7.44. The number of carbonyl (C=O) groups excluding carboxylic acids is 2. The summed E-state index contributed by atoms with van der Waals surface area (Å²) in [6, 6.07) is 8.02. The molecule has 0 atom stereocenters. The van der Waals surface area contributed by atoms with E-state index in [1.54, 1.807) is 0 Å². The van der Waals surface area contributed by atoms with Crippen molar-refractivity contribution in [3.8, 4) is 0 Å². The molecule has 0 heterocycles. The van der Waals surface area contributed by atoms with Crippen molar-refractivity contribution in [2.45, 2.75) is 38.6 Å². The lowest BCUT2D eigenvalue weighted by Gasteiger charge is -2.27. The molecule has 114 valence electrons. The molecule has 0 unspecified atom stereocenters. The quantitative estimate of drug-likeness (QED) is 0.769. The number of anilines is 1. The number of carbonyl (C=O) groups is 2. The summed E-state index contributed by atoms with van der Waals surface area (Å²) in [5.41, 5.74) is 7.28. The fourth-order valence-corrected chi connectivity index (χ4v) is 2.66. The Hall–Kier alpha value is -1.88. The monoisotopic (exact) mass is 289 g/mol. The maximum absolute atomic E-state index is 11.9. The third kappa shape index (κ3) is 4.86. The van der Waals surface area contributed by atoms with Crippen molar-refractivity contribution >= 4 is 17.5 Å². The summed E-state index contributed by atoms with van der Waals surface area (Å²) in [7, 11) is 0. The molecule has 2 rings (SSSR count). The van der Waals surface area contributed by atoms with Crippen molar-refractivity contribution in [2.24, 2.45) is 11.7 Å². The Kier molecular flexibility index (Phi) is 5.33. The van der Waals surface area contributed by atoms with Gasteiger partial charge in [0.15, 0.2) is 0 Å². The molecule has 0 bridgehead atoms. The Balaban J connectivity index is 1.70. The van der Waals surface area contributed by atoms with Gasteiger partial charge in [-0.05, 0) is 44.7 Å². The van der Waals surface area contributed by atoms with Crippen molar-refractivity contribution in [1.82, 2.24) is 5.32 Å². The number of hydrogen-bond donors (Lipinski definition) is 3. The van der Waals surface area contributed by atoms with Gasteiger partial charge in [-0.2, -0.15) is 0 Å². The molecule has 1 aliphatic carbocycles. The highest BCUT2D eigenvalue weighted by Crippen LogP contribution is 2.23. The van der Waals surface area contributed by atoms with E-state index in [1.807, 2.05) is 31.2 Å². The molecular weight excluding hydrogens is 266 g/mol. The van der Waals surface area contributed by atoms with E-state index < -0.39 is 0 Å². The zero-order chi connectivity index (χ0) is 15.2. The van der Waals surface area contributed by atoms with Crippen molar-refractivity contribution in [2.75, 3.05) is 11.9 Å². The number of rotatable bonds is 5. The predicted octanol–water partition coefficient (Wildman–Crippen LogP) is 1.57. The van der Waals surface area contributed by atoms with Crippen LogP contribution in [0.5, 0.6) is 0 Å². The van der Waals surface area contributed by atoms with Gasteiger partial charge in [-0.1, -0.05) is 17.7 Å². The molecule has 1 aliphatic rings. The van der Waals surface area contributed by atoms with Gasteiger partial charge >= 0.3 is 0 Å². The van der Waals surface area contributed by atoms with Crippen LogP contribution in [0.1, 0.15) is 31.2 Å². The zero-order valence-corrected chi connectivity index (χ0v) is 12.4. The van der Waals surface area contributed by atoms with E-state index in [0.717, 1.165) is 36.9 Å².